The maximum absolute atomic E-state index is 5.09. The summed E-state index contributed by atoms with van der Waals surface area (Å²) >= 11 is 0. The second-order valence-electron chi connectivity index (χ2n) is 2.86. The molecule has 1 fully saturated rings. The van der Waals surface area contributed by atoms with Gasteiger partial charge < -0.3 is 4.74 Å². The van der Waals surface area contributed by atoms with E-state index in [0.29, 0.717) is 12.0 Å². The van der Waals surface area contributed by atoms with Gasteiger partial charge in [-0.15, -0.1) is 0 Å². The number of hydrogen-bond acceptors (Lipinski definition) is 1. The minimum absolute atomic E-state index is 0.304. The highest BCUT2D eigenvalue weighted by molar-refractivity contribution is 4.87. The lowest BCUT2D eigenvalue weighted by atomic mass is 9.85. The Balaban J connectivity index is 2.33. The summed E-state index contributed by atoms with van der Waals surface area (Å²) in [5, 5.41) is 0. The fraction of sp³-hybridized carbons (Fsp3) is 0.857. The van der Waals surface area contributed by atoms with Gasteiger partial charge in [0.15, 0.2) is 0 Å². The standard InChI is InChI=1S/C7H12O/c1-7(2)3-5-8-6-4-7/h3,5-6H2,1-2H3. The van der Waals surface area contributed by atoms with E-state index in [2.05, 4.69) is 20.3 Å². The first-order chi connectivity index (χ1) is 3.71. The zero-order chi connectivity index (χ0) is 6.04. The summed E-state index contributed by atoms with van der Waals surface area (Å²) in [6.45, 7) is 6.00. The molecular weight excluding hydrogens is 100 g/mol. The highest BCUT2D eigenvalue weighted by Crippen LogP contribution is 2.26. The van der Waals surface area contributed by atoms with Crippen LogP contribution in [0.1, 0.15) is 20.3 Å². The Bertz CT molecular complexity index is 68.5. The van der Waals surface area contributed by atoms with Crippen LogP contribution < -0.4 is 0 Å². The zero-order valence-corrected chi connectivity index (χ0v) is 5.53. The third kappa shape index (κ3) is 1.48. The van der Waals surface area contributed by atoms with Gasteiger partial charge in [-0.1, -0.05) is 13.8 Å². The van der Waals surface area contributed by atoms with Crippen molar-refractivity contribution in [3.63, 3.8) is 0 Å². The molecule has 0 N–H and O–H groups in total. The predicted molar refractivity (Wildman–Crippen MR) is 32.5 cm³/mol. The van der Waals surface area contributed by atoms with E-state index in [9.17, 15) is 0 Å². The van der Waals surface area contributed by atoms with Crippen LogP contribution in [-0.2, 0) is 4.74 Å². The molecule has 0 aromatic rings. The average molecular weight is 112 g/mol. The predicted octanol–water partition coefficient (Wildman–Crippen LogP) is 1.51. The quantitative estimate of drug-likeness (QED) is 0.461. The van der Waals surface area contributed by atoms with Gasteiger partial charge in [0.2, 0.25) is 0 Å². The Morgan fingerprint density at radius 3 is 2.50 bits per heavy atom. The van der Waals surface area contributed by atoms with Crippen LogP contribution in [0.2, 0.25) is 0 Å². The third-order valence-electron chi connectivity index (χ3n) is 1.52. The van der Waals surface area contributed by atoms with E-state index in [1.165, 1.54) is 0 Å². The molecular formula is C7H12O. The third-order valence-corrected chi connectivity index (χ3v) is 1.52. The lowest BCUT2D eigenvalue weighted by molar-refractivity contribution is 0.0766. The van der Waals surface area contributed by atoms with Crippen LogP contribution in [0, 0.1) is 11.8 Å². The van der Waals surface area contributed by atoms with Crippen LogP contribution in [0.5, 0.6) is 0 Å². The Morgan fingerprint density at radius 2 is 2.25 bits per heavy atom. The molecule has 1 heterocycles. The summed E-state index contributed by atoms with van der Waals surface area (Å²) in [6, 6.07) is 0. The largest absolute Gasteiger partial charge is 0.381 e. The Hall–Kier alpha value is -0.0400. The Kier molecular flexibility index (Phi) is 1.57. The molecule has 0 bridgehead atoms. The summed E-state index contributed by atoms with van der Waals surface area (Å²) < 4.78 is 5.09. The van der Waals surface area contributed by atoms with E-state index in [1.54, 1.807) is 0 Å². The van der Waals surface area contributed by atoms with Gasteiger partial charge in [0.05, 0.1) is 6.61 Å². The summed E-state index contributed by atoms with van der Waals surface area (Å²) in [7, 11) is 0. The Morgan fingerprint density at radius 1 is 1.50 bits per heavy atom. The van der Waals surface area contributed by atoms with Crippen LogP contribution in [-0.4, -0.2) is 13.2 Å². The summed E-state index contributed by atoms with van der Waals surface area (Å²) in [5.74, 6) is 0. The summed E-state index contributed by atoms with van der Waals surface area (Å²) in [5.41, 5.74) is 0.304. The van der Waals surface area contributed by atoms with Gasteiger partial charge in [-0.2, -0.15) is 0 Å². The van der Waals surface area contributed by atoms with Crippen molar-refractivity contribution in [3.8, 4) is 0 Å². The lowest BCUT2D eigenvalue weighted by Crippen LogP contribution is -2.23. The highest BCUT2D eigenvalue weighted by atomic mass is 16.5. The number of rotatable bonds is 0. The number of ether oxygens (including phenoxy) is 1. The van der Waals surface area contributed by atoms with Gasteiger partial charge >= 0.3 is 0 Å². The lowest BCUT2D eigenvalue weighted by Gasteiger charge is -2.27. The van der Waals surface area contributed by atoms with E-state index in [-0.39, 0.29) is 0 Å². The smallest absolute Gasteiger partial charge is 0.0540 e. The van der Waals surface area contributed by atoms with E-state index in [1.807, 2.05) is 0 Å². The first kappa shape index (κ1) is 6.09. The van der Waals surface area contributed by atoms with E-state index >= 15 is 0 Å². The van der Waals surface area contributed by atoms with Gasteiger partial charge in [-0.05, 0) is 11.8 Å². The maximum Gasteiger partial charge on any atom is 0.0540 e. The maximum atomic E-state index is 5.09. The molecule has 1 nitrogen and oxygen atoms in total. The molecule has 1 aliphatic rings. The molecule has 0 aromatic heterocycles. The molecule has 8 heavy (non-hydrogen) atoms. The molecule has 0 saturated carbocycles. The molecule has 1 aliphatic heterocycles. The average Bonchev–Trinajstić information content (AvgIpc) is 1.65. The monoisotopic (exact) mass is 112 g/mol. The zero-order valence-electron chi connectivity index (χ0n) is 5.53. The fourth-order valence-electron chi connectivity index (χ4n) is 0.734. The molecule has 0 unspecified atom stereocenters. The van der Waals surface area contributed by atoms with Crippen LogP contribution in [0.25, 0.3) is 0 Å². The van der Waals surface area contributed by atoms with Crippen LogP contribution in [0.3, 0.4) is 0 Å². The highest BCUT2D eigenvalue weighted by Gasteiger charge is 2.21. The van der Waals surface area contributed by atoms with Crippen molar-refractivity contribution in [1.82, 2.24) is 0 Å². The molecule has 0 aromatic carbocycles. The molecule has 2 radical (unpaired) electrons. The molecule has 0 atom stereocenters. The van der Waals surface area contributed by atoms with E-state index in [0.717, 1.165) is 13.0 Å². The number of hydrogen-bond donors (Lipinski definition) is 0. The van der Waals surface area contributed by atoms with Crippen molar-refractivity contribution in [1.29, 1.82) is 0 Å². The molecule has 46 valence electrons. The minimum Gasteiger partial charge on any atom is -0.381 e. The second-order valence-corrected chi connectivity index (χ2v) is 2.86. The second kappa shape index (κ2) is 2.06. The van der Waals surface area contributed by atoms with Crippen molar-refractivity contribution in [3.05, 3.63) is 6.42 Å². The van der Waals surface area contributed by atoms with Gasteiger partial charge in [-0.25, -0.2) is 0 Å². The van der Waals surface area contributed by atoms with Crippen molar-refractivity contribution >= 4 is 0 Å². The van der Waals surface area contributed by atoms with Crippen LogP contribution >= 0.6 is 0 Å². The molecule has 1 rings (SSSR count). The molecule has 0 spiro atoms. The first-order valence-corrected chi connectivity index (χ1v) is 3.03. The van der Waals surface area contributed by atoms with Crippen molar-refractivity contribution in [2.75, 3.05) is 13.2 Å². The van der Waals surface area contributed by atoms with E-state index in [4.69, 9.17) is 4.74 Å². The van der Waals surface area contributed by atoms with Gasteiger partial charge in [-0.3, -0.25) is 0 Å². The van der Waals surface area contributed by atoms with Gasteiger partial charge in [0.25, 0.3) is 0 Å². The fourth-order valence-corrected chi connectivity index (χ4v) is 0.734. The van der Waals surface area contributed by atoms with Crippen molar-refractivity contribution in [2.45, 2.75) is 20.3 Å². The van der Waals surface area contributed by atoms with Crippen LogP contribution in [0.4, 0.5) is 0 Å². The minimum atomic E-state index is 0.304. The Labute approximate surface area is 51.0 Å². The molecule has 1 heteroatoms. The van der Waals surface area contributed by atoms with Crippen molar-refractivity contribution in [2.24, 2.45) is 5.41 Å². The molecule has 0 aliphatic carbocycles. The summed E-state index contributed by atoms with van der Waals surface area (Å²) in [6.07, 6.45) is 4.35. The van der Waals surface area contributed by atoms with Crippen LogP contribution in [0.15, 0.2) is 0 Å². The molecule has 1 saturated heterocycles. The van der Waals surface area contributed by atoms with Crippen molar-refractivity contribution < 1.29 is 4.74 Å². The topological polar surface area (TPSA) is 9.23 Å². The van der Waals surface area contributed by atoms with Gasteiger partial charge in [0, 0.05) is 13.0 Å². The van der Waals surface area contributed by atoms with E-state index < -0.39 is 0 Å². The summed E-state index contributed by atoms with van der Waals surface area (Å²) in [4.78, 5) is 0. The molecule has 0 amide bonds. The van der Waals surface area contributed by atoms with Gasteiger partial charge in [0.1, 0.15) is 0 Å². The SMILES string of the molecule is CC1(C)[C]COCC1. The normalized spacial score (nSPS) is 27.8. The first-order valence-electron chi connectivity index (χ1n) is 3.03.